The number of amides is 2. The zero-order chi connectivity index (χ0) is 17.7. The van der Waals surface area contributed by atoms with Crippen molar-refractivity contribution in [1.29, 1.82) is 0 Å². The van der Waals surface area contributed by atoms with E-state index >= 15 is 0 Å². The van der Waals surface area contributed by atoms with E-state index in [4.69, 9.17) is 16.3 Å². The minimum Gasteiger partial charge on any atom is -0.496 e. The molecule has 2 rings (SSSR count). The molecule has 1 aromatic carbocycles. The molecule has 1 heterocycles. The van der Waals surface area contributed by atoms with Crippen molar-refractivity contribution in [1.82, 2.24) is 14.8 Å². The minimum absolute atomic E-state index is 0.117. The summed E-state index contributed by atoms with van der Waals surface area (Å²) < 4.78 is 7.30. The molecule has 0 saturated heterocycles. The fraction of sp³-hybridized carbons (Fsp3) is 0.389. The van der Waals surface area contributed by atoms with E-state index in [-0.39, 0.29) is 11.9 Å². The molecule has 0 saturated carbocycles. The molecule has 0 fully saturated rings. The van der Waals surface area contributed by atoms with E-state index in [9.17, 15) is 4.79 Å². The summed E-state index contributed by atoms with van der Waals surface area (Å²) in [4.78, 5) is 13.9. The SMILES string of the molecule is COc1ccccc1[C@@H](C)CNC(=O)N(C)Cc1cc(Cl)cn1C. The minimum atomic E-state index is -0.117. The summed E-state index contributed by atoms with van der Waals surface area (Å²) in [7, 11) is 5.34. The van der Waals surface area contributed by atoms with E-state index in [0.29, 0.717) is 18.1 Å². The molecule has 6 heteroatoms. The van der Waals surface area contributed by atoms with Gasteiger partial charge in [-0.3, -0.25) is 0 Å². The number of hydrogen-bond donors (Lipinski definition) is 1. The maximum atomic E-state index is 12.3. The number of ether oxygens (including phenoxy) is 1. The first-order valence-corrected chi connectivity index (χ1v) is 8.22. The third-order valence-electron chi connectivity index (χ3n) is 4.05. The van der Waals surface area contributed by atoms with E-state index in [2.05, 4.69) is 12.2 Å². The molecule has 0 bridgehead atoms. The first-order valence-electron chi connectivity index (χ1n) is 7.85. The van der Waals surface area contributed by atoms with Gasteiger partial charge < -0.3 is 19.5 Å². The maximum Gasteiger partial charge on any atom is 0.317 e. The van der Waals surface area contributed by atoms with E-state index in [1.165, 1.54) is 0 Å². The second-order valence-corrected chi connectivity index (χ2v) is 6.38. The Balaban J connectivity index is 1.91. The number of aryl methyl sites for hydroxylation is 1. The first kappa shape index (κ1) is 18.2. The summed E-state index contributed by atoms with van der Waals surface area (Å²) in [6.07, 6.45) is 1.83. The smallest absolute Gasteiger partial charge is 0.317 e. The Bertz CT molecular complexity index is 699. The lowest BCUT2D eigenvalue weighted by Gasteiger charge is -2.21. The van der Waals surface area contributed by atoms with Crippen LogP contribution in [-0.4, -0.2) is 36.2 Å². The number of aromatic nitrogens is 1. The molecule has 0 spiro atoms. The summed E-state index contributed by atoms with van der Waals surface area (Å²) in [6, 6.07) is 9.61. The van der Waals surface area contributed by atoms with E-state index < -0.39 is 0 Å². The monoisotopic (exact) mass is 349 g/mol. The highest BCUT2D eigenvalue weighted by Gasteiger charge is 2.15. The Morgan fingerprint density at radius 1 is 1.42 bits per heavy atom. The number of carbonyl (C=O) groups excluding carboxylic acids is 1. The van der Waals surface area contributed by atoms with Crippen LogP contribution >= 0.6 is 11.6 Å². The second kappa shape index (κ2) is 8.11. The molecule has 2 aromatic rings. The quantitative estimate of drug-likeness (QED) is 0.865. The normalized spacial score (nSPS) is 11.9. The molecule has 0 radical (unpaired) electrons. The van der Waals surface area contributed by atoms with Crippen LogP contribution in [0.15, 0.2) is 36.5 Å². The topological polar surface area (TPSA) is 46.5 Å². The number of benzene rings is 1. The van der Waals surface area contributed by atoms with Crippen LogP contribution in [0, 0.1) is 0 Å². The molecule has 2 amide bonds. The number of carbonyl (C=O) groups is 1. The predicted molar refractivity (Wildman–Crippen MR) is 96.7 cm³/mol. The van der Waals surface area contributed by atoms with Gasteiger partial charge in [0.1, 0.15) is 5.75 Å². The van der Waals surface area contributed by atoms with Crippen LogP contribution in [0.2, 0.25) is 5.02 Å². The molecule has 0 aliphatic rings. The summed E-state index contributed by atoms with van der Waals surface area (Å²) in [6.45, 7) is 3.10. The third-order valence-corrected chi connectivity index (χ3v) is 4.26. The van der Waals surface area contributed by atoms with Gasteiger partial charge in [0.15, 0.2) is 0 Å². The van der Waals surface area contributed by atoms with E-state index in [1.807, 2.05) is 48.1 Å². The van der Waals surface area contributed by atoms with Crippen molar-refractivity contribution in [3.8, 4) is 5.75 Å². The Hall–Kier alpha value is -2.14. The lowest BCUT2D eigenvalue weighted by atomic mass is 10.0. The molecule has 1 aromatic heterocycles. The Labute approximate surface area is 148 Å². The van der Waals surface area contributed by atoms with E-state index in [0.717, 1.165) is 17.0 Å². The summed E-state index contributed by atoms with van der Waals surface area (Å²) >= 11 is 5.98. The van der Waals surface area contributed by atoms with Crippen LogP contribution in [0.3, 0.4) is 0 Å². The Morgan fingerprint density at radius 2 is 2.12 bits per heavy atom. The van der Waals surface area contributed by atoms with Crippen molar-refractivity contribution in [2.45, 2.75) is 19.4 Å². The summed E-state index contributed by atoms with van der Waals surface area (Å²) in [5, 5.41) is 3.64. The van der Waals surface area contributed by atoms with Gasteiger partial charge in [0.25, 0.3) is 0 Å². The number of nitrogens with zero attached hydrogens (tertiary/aromatic N) is 2. The summed E-state index contributed by atoms with van der Waals surface area (Å²) in [5.74, 6) is 0.994. The molecular weight excluding hydrogens is 326 g/mol. The zero-order valence-corrected chi connectivity index (χ0v) is 15.3. The average Bonchev–Trinajstić information content (AvgIpc) is 2.89. The molecule has 0 aliphatic heterocycles. The Kier molecular flexibility index (Phi) is 6.15. The van der Waals surface area contributed by atoms with Crippen LogP contribution in [0.5, 0.6) is 5.75 Å². The van der Waals surface area contributed by atoms with Crippen molar-refractivity contribution >= 4 is 17.6 Å². The fourth-order valence-electron chi connectivity index (χ4n) is 2.60. The molecular formula is C18H24ClN3O2. The summed E-state index contributed by atoms with van der Waals surface area (Å²) in [5.41, 5.74) is 2.06. The number of para-hydroxylation sites is 1. The largest absolute Gasteiger partial charge is 0.496 e. The highest BCUT2D eigenvalue weighted by atomic mass is 35.5. The van der Waals surface area contributed by atoms with Gasteiger partial charge in [-0.1, -0.05) is 36.7 Å². The van der Waals surface area contributed by atoms with Crippen molar-refractivity contribution in [2.24, 2.45) is 7.05 Å². The molecule has 0 unspecified atom stereocenters. The number of halogens is 1. The molecule has 5 nitrogen and oxygen atoms in total. The number of hydrogen-bond acceptors (Lipinski definition) is 2. The number of nitrogens with one attached hydrogen (secondary N) is 1. The molecule has 0 aliphatic carbocycles. The van der Waals surface area contributed by atoms with Gasteiger partial charge >= 0.3 is 6.03 Å². The Morgan fingerprint density at radius 3 is 2.75 bits per heavy atom. The van der Waals surface area contributed by atoms with Crippen LogP contribution in [0.1, 0.15) is 24.1 Å². The van der Waals surface area contributed by atoms with Crippen LogP contribution in [-0.2, 0) is 13.6 Å². The van der Waals surface area contributed by atoms with Gasteiger partial charge in [-0.15, -0.1) is 0 Å². The van der Waals surface area contributed by atoms with E-state index in [1.54, 1.807) is 19.1 Å². The number of rotatable bonds is 6. The predicted octanol–water partition coefficient (Wildman–Crippen LogP) is 3.63. The van der Waals surface area contributed by atoms with Crippen LogP contribution in [0.4, 0.5) is 4.79 Å². The zero-order valence-electron chi connectivity index (χ0n) is 14.5. The second-order valence-electron chi connectivity index (χ2n) is 5.95. The standard InChI is InChI=1S/C18H24ClN3O2/c1-13(16-7-5-6-8-17(16)24-4)10-20-18(23)22(3)12-15-9-14(19)11-21(15)2/h5-9,11,13H,10,12H2,1-4H3,(H,20,23)/t13-/m0/s1. The van der Waals surface area contributed by atoms with Crippen molar-refractivity contribution in [3.63, 3.8) is 0 Å². The third kappa shape index (κ3) is 4.45. The van der Waals surface area contributed by atoms with Crippen molar-refractivity contribution in [2.75, 3.05) is 20.7 Å². The van der Waals surface area contributed by atoms with Gasteiger partial charge in [-0.25, -0.2) is 4.79 Å². The number of methoxy groups -OCH3 is 1. The number of urea groups is 1. The fourth-order valence-corrected chi connectivity index (χ4v) is 2.87. The molecule has 1 N–H and O–H groups in total. The van der Waals surface area contributed by atoms with Gasteiger partial charge in [-0.2, -0.15) is 0 Å². The first-order chi connectivity index (χ1) is 11.4. The van der Waals surface area contributed by atoms with Crippen LogP contribution in [0.25, 0.3) is 0 Å². The molecule has 130 valence electrons. The lowest BCUT2D eigenvalue weighted by Crippen LogP contribution is -2.38. The average molecular weight is 350 g/mol. The highest BCUT2D eigenvalue weighted by Crippen LogP contribution is 2.25. The van der Waals surface area contributed by atoms with Gasteiger partial charge in [0, 0.05) is 38.4 Å². The van der Waals surface area contributed by atoms with Gasteiger partial charge in [0.2, 0.25) is 0 Å². The molecule has 1 atom stereocenters. The van der Waals surface area contributed by atoms with Gasteiger partial charge in [-0.05, 0) is 17.7 Å². The van der Waals surface area contributed by atoms with Crippen molar-refractivity contribution < 1.29 is 9.53 Å². The van der Waals surface area contributed by atoms with Crippen LogP contribution < -0.4 is 10.1 Å². The highest BCUT2D eigenvalue weighted by molar-refractivity contribution is 6.30. The van der Waals surface area contributed by atoms with Gasteiger partial charge in [0.05, 0.1) is 18.7 Å². The van der Waals surface area contributed by atoms with Crippen molar-refractivity contribution in [3.05, 3.63) is 52.8 Å². The molecule has 24 heavy (non-hydrogen) atoms. The maximum absolute atomic E-state index is 12.3. The lowest BCUT2D eigenvalue weighted by molar-refractivity contribution is 0.205.